The van der Waals surface area contributed by atoms with Gasteiger partial charge in [0.2, 0.25) is 5.91 Å². The third kappa shape index (κ3) is 5.28. The van der Waals surface area contributed by atoms with Crippen LogP contribution >= 0.6 is 0 Å². The molecule has 2 aromatic carbocycles. The highest BCUT2D eigenvalue weighted by Gasteiger charge is 2.27. The molecule has 0 saturated heterocycles. The van der Waals surface area contributed by atoms with Gasteiger partial charge in [-0.15, -0.1) is 0 Å². The molecule has 0 atom stereocenters. The summed E-state index contributed by atoms with van der Waals surface area (Å²) in [6, 6.07) is 16.7. The average Bonchev–Trinajstić information content (AvgIpc) is 2.74. The maximum absolute atomic E-state index is 12.3. The summed E-state index contributed by atoms with van der Waals surface area (Å²) in [6.07, 6.45) is 0.346. The van der Waals surface area contributed by atoms with Crippen LogP contribution in [0.5, 0.6) is 0 Å². The molecule has 0 aromatic heterocycles. The van der Waals surface area contributed by atoms with Gasteiger partial charge in [-0.05, 0) is 24.6 Å². The molecule has 0 unspecified atom stereocenters. The Bertz CT molecular complexity index is 923. The molecule has 0 spiro atoms. The number of hydrazone groups is 1. The summed E-state index contributed by atoms with van der Waals surface area (Å²) in [5.41, 5.74) is 2.85. The van der Waals surface area contributed by atoms with Crippen molar-refractivity contribution < 1.29 is 19.1 Å². The second-order valence-corrected chi connectivity index (χ2v) is 6.90. The molecule has 29 heavy (non-hydrogen) atoms. The highest BCUT2D eigenvalue weighted by molar-refractivity contribution is 6.38. The molecule has 0 N–H and O–H groups in total. The summed E-state index contributed by atoms with van der Waals surface area (Å²) in [5, 5.41) is 5.33. The number of aryl methyl sites for hydroxylation is 1. The Morgan fingerprint density at radius 1 is 1.07 bits per heavy atom. The summed E-state index contributed by atoms with van der Waals surface area (Å²) in [5.74, 6) is -1.19. The van der Waals surface area contributed by atoms with E-state index in [0.29, 0.717) is 12.2 Å². The first-order valence-corrected chi connectivity index (χ1v) is 9.36. The molecular weight excluding hydrogens is 370 g/mol. The first kappa shape index (κ1) is 20.3. The Labute approximate surface area is 169 Å². The Hall–Kier alpha value is -3.48. The van der Waals surface area contributed by atoms with E-state index in [2.05, 4.69) is 5.10 Å². The smallest absolute Gasteiger partial charge is 0.355 e. The largest absolute Gasteiger partial charge is 0.451 e. The van der Waals surface area contributed by atoms with Crippen LogP contribution in [-0.4, -0.2) is 42.0 Å². The predicted molar refractivity (Wildman–Crippen MR) is 109 cm³/mol. The molecule has 0 fully saturated rings. The Morgan fingerprint density at radius 3 is 2.45 bits per heavy atom. The lowest BCUT2D eigenvalue weighted by molar-refractivity contribution is -0.146. The summed E-state index contributed by atoms with van der Waals surface area (Å²) in [4.78, 5) is 38.2. The van der Waals surface area contributed by atoms with E-state index in [4.69, 9.17) is 4.74 Å². The normalized spacial score (nSPS) is 13.7. The van der Waals surface area contributed by atoms with Crippen LogP contribution in [0.1, 0.15) is 24.0 Å². The zero-order valence-corrected chi connectivity index (χ0v) is 16.5. The van der Waals surface area contributed by atoms with E-state index in [1.54, 1.807) is 31.3 Å². The second-order valence-electron chi connectivity index (χ2n) is 6.90. The number of ether oxygens (including phenoxy) is 1. The van der Waals surface area contributed by atoms with Gasteiger partial charge in [-0.3, -0.25) is 9.59 Å². The van der Waals surface area contributed by atoms with Crippen molar-refractivity contribution in [3.05, 3.63) is 65.7 Å². The summed E-state index contributed by atoms with van der Waals surface area (Å²) >= 11 is 0. The minimum Gasteiger partial charge on any atom is -0.451 e. The zero-order valence-electron chi connectivity index (χ0n) is 16.5. The van der Waals surface area contributed by atoms with Gasteiger partial charge in [-0.25, -0.2) is 9.80 Å². The molecular formula is C22H23N3O4. The van der Waals surface area contributed by atoms with E-state index in [9.17, 15) is 14.4 Å². The molecule has 7 heteroatoms. The number of nitrogens with zero attached hydrogens (tertiary/aromatic N) is 3. The van der Waals surface area contributed by atoms with Gasteiger partial charge < -0.3 is 9.64 Å². The number of para-hydroxylation sites is 1. The lowest BCUT2D eigenvalue weighted by atomic mass is 10.1. The lowest BCUT2D eigenvalue weighted by Gasteiger charge is -2.23. The molecule has 0 saturated carbocycles. The molecule has 0 aliphatic carbocycles. The van der Waals surface area contributed by atoms with Crippen LogP contribution in [0.15, 0.2) is 59.7 Å². The van der Waals surface area contributed by atoms with Gasteiger partial charge in [0.15, 0.2) is 6.61 Å². The third-order valence-corrected chi connectivity index (χ3v) is 4.56. The molecule has 1 aliphatic heterocycles. The maximum Gasteiger partial charge on any atom is 0.355 e. The van der Waals surface area contributed by atoms with Crippen molar-refractivity contribution in [1.82, 2.24) is 4.90 Å². The first-order valence-electron chi connectivity index (χ1n) is 9.36. The fourth-order valence-electron chi connectivity index (χ4n) is 2.85. The van der Waals surface area contributed by atoms with E-state index in [0.717, 1.165) is 11.1 Å². The summed E-state index contributed by atoms with van der Waals surface area (Å²) < 4.78 is 5.14. The van der Waals surface area contributed by atoms with E-state index < -0.39 is 5.97 Å². The van der Waals surface area contributed by atoms with Crippen LogP contribution in [0.3, 0.4) is 0 Å². The molecule has 7 nitrogen and oxygen atoms in total. The van der Waals surface area contributed by atoms with E-state index in [1.807, 2.05) is 37.3 Å². The molecule has 0 radical (unpaired) electrons. The van der Waals surface area contributed by atoms with Gasteiger partial charge in [-0.2, -0.15) is 5.10 Å². The number of carbonyl (C=O) groups is 3. The summed E-state index contributed by atoms with van der Waals surface area (Å²) in [7, 11) is 1.66. The van der Waals surface area contributed by atoms with Crippen molar-refractivity contribution >= 4 is 29.2 Å². The number of carbonyl (C=O) groups excluding carboxylic acids is 3. The van der Waals surface area contributed by atoms with Gasteiger partial charge in [0.1, 0.15) is 5.71 Å². The number of hydrogen-bond donors (Lipinski definition) is 0. The second kappa shape index (κ2) is 9.14. The Morgan fingerprint density at radius 2 is 1.76 bits per heavy atom. The fourth-order valence-corrected chi connectivity index (χ4v) is 2.85. The third-order valence-electron chi connectivity index (χ3n) is 4.56. The predicted octanol–water partition coefficient (Wildman–Crippen LogP) is 2.68. The molecule has 1 heterocycles. The quantitative estimate of drug-likeness (QED) is 0.707. The maximum atomic E-state index is 12.3. The van der Waals surface area contributed by atoms with Crippen molar-refractivity contribution in [1.29, 1.82) is 0 Å². The topological polar surface area (TPSA) is 79.3 Å². The number of hydrogen-bond acceptors (Lipinski definition) is 5. The van der Waals surface area contributed by atoms with E-state index >= 15 is 0 Å². The fraction of sp³-hybridized carbons (Fsp3) is 0.273. The van der Waals surface area contributed by atoms with Crippen LogP contribution in [0.25, 0.3) is 0 Å². The van der Waals surface area contributed by atoms with Gasteiger partial charge >= 0.3 is 5.97 Å². The van der Waals surface area contributed by atoms with Crippen molar-refractivity contribution in [3.8, 4) is 0 Å². The molecule has 2 aromatic rings. The standard InChI is InChI=1S/C22H23N3O4/c1-16-8-10-17(11-9-16)14-24(2)21(27)15-29-22(28)19-12-13-20(26)25(23-19)18-6-4-3-5-7-18/h3-11H,12-15H2,1-2H3. The molecule has 2 amide bonds. The minimum absolute atomic E-state index is 0.127. The number of likely N-dealkylation sites (N-methyl/N-ethyl adjacent to an activating group) is 1. The number of rotatable bonds is 6. The van der Waals surface area contributed by atoms with Crippen LogP contribution in [0.2, 0.25) is 0 Å². The highest BCUT2D eigenvalue weighted by Crippen LogP contribution is 2.20. The van der Waals surface area contributed by atoms with Crippen molar-refractivity contribution in [3.63, 3.8) is 0 Å². The average molecular weight is 393 g/mol. The minimum atomic E-state index is -0.685. The zero-order chi connectivity index (χ0) is 20.8. The number of amides is 2. The van der Waals surface area contributed by atoms with Crippen molar-refractivity contribution in [2.24, 2.45) is 5.10 Å². The molecule has 1 aliphatic rings. The van der Waals surface area contributed by atoms with Gasteiger partial charge in [0.25, 0.3) is 5.91 Å². The lowest BCUT2D eigenvalue weighted by Crippen LogP contribution is -2.36. The van der Waals surface area contributed by atoms with E-state index in [1.165, 1.54) is 9.91 Å². The van der Waals surface area contributed by atoms with Crippen molar-refractivity contribution in [2.45, 2.75) is 26.3 Å². The number of benzene rings is 2. The van der Waals surface area contributed by atoms with Crippen LogP contribution in [0, 0.1) is 6.92 Å². The molecule has 150 valence electrons. The Balaban J connectivity index is 1.57. The van der Waals surface area contributed by atoms with Crippen LogP contribution in [0.4, 0.5) is 5.69 Å². The number of anilines is 1. The first-order chi connectivity index (χ1) is 13.9. The van der Waals surface area contributed by atoms with Crippen LogP contribution in [-0.2, 0) is 25.7 Å². The van der Waals surface area contributed by atoms with E-state index in [-0.39, 0.29) is 37.0 Å². The van der Waals surface area contributed by atoms with Crippen LogP contribution < -0.4 is 5.01 Å². The molecule has 3 rings (SSSR count). The van der Waals surface area contributed by atoms with Crippen molar-refractivity contribution in [2.75, 3.05) is 18.7 Å². The number of esters is 1. The monoisotopic (exact) mass is 393 g/mol. The van der Waals surface area contributed by atoms with Gasteiger partial charge in [0, 0.05) is 26.4 Å². The molecule has 0 bridgehead atoms. The Kier molecular flexibility index (Phi) is 6.39. The highest BCUT2D eigenvalue weighted by atomic mass is 16.5. The summed E-state index contributed by atoms with van der Waals surface area (Å²) in [6.45, 7) is 2.05. The SMILES string of the molecule is Cc1ccc(CN(C)C(=O)COC(=O)C2=NN(c3ccccc3)C(=O)CC2)cc1. The van der Waals surface area contributed by atoms with Gasteiger partial charge in [-0.1, -0.05) is 48.0 Å². The van der Waals surface area contributed by atoms with Gasteiger partial charge in [0.05, 0.1) is 5.69 Å².